The van der Waals surface area contributed by atoms with Crippen molar-refractivity contribution in [1.82, 2.24) is 5.32 Å². The van der Waals surface area contributed by atoms with E-state index >= 15 is 0 Å². The Kier molecular flexibility index (Phi) is 3.16. The van der Waals surface area contributed by atoms with Crippen molar-refractivity contribution in [2.45, 2.75) is 24.9 Å². The molecule has 1 N–H and O–H groups in total. The molecule has 1 aliphatic rings. The minimum absolute atomic E-state index is 0.318. The summed E-state index contributed by atoms with van der Waals surface area (Å²) in [6.07, 6.45) is -4.35. The van der Waals surface area contributed by atoms with E-state index in [0.717, 1.165) is 5.56 Å². The third-order valence-electron chi connectivity index (χ3n) is 2.46. The number of halogens is 3. The van der Waals surface area contributed by atoms with Crippen LogP contribution in [0.1, 0.15) is 5.56 Å². The fourth-order valence-electron chi connectivity index (χ4n) is 1.64. The van der Waals surface area contributed by atoms with Gasteiger partial charge in [0.05, 0.1) is 12.7 Å². The van der Waals surface area contributed by atoms with Crippen molar-refractivity contribution in [3.8, 4) is 0 Å². The Balaban J connectivity index is 1.98. The molecule has 1 saturated heterocycles. The molecule has 5 heteroatoms. The molecule has 2 rings (SSSR count). The van der Waals surface area contributed by atoms with Gasteiger partial charge in [-0.1, -0.05) is 30.3 Å². The second kappa shape index (κ2) is 4.43. The number of nitrogens with one attached hydrogen (secondary N) is 1. The lowest BCUT2D eigenvalue weighted by Crippen LogP contribution is -2.45. The summed E-state index contributed by atoms with van der Waals surface area (Å²) in [6.45, 7) is 0.403. The first-order valence-corrected chi connectivity index (χ1v) is 5.04. The standard InChI is InChI=1S/C11H12F3NO/c12-11(13,14)15-9(10-7-16-10)6-8-4-2-1-3-5-8/h1-5,9-10,15H,6-7H2. The molecule has 1 aliphatic heterocycles. The number of alkyl halides is 3. The molecule has 0 bridgehead atoms. The Labute approximate surface area is 91.4 Å². The largest absolute Gasteiger partial charge is 0.457 e. The highest BCUT2D eigenvalue weighted by Crippen LogP contribution is 2.22. The van der Waals surface area contributed by atoms with Gasteiger partial charge in [-0.05, 0) is 12.0 Å². The molecule has 2 atom stereocenters. The van der Waals surface area contributed by atoms with Crippen LogP contribution in [0.3, 0.4) is 0 Å². The Bertz CT molecular complexity index is 335. The monoisotopic (exact) mass is 231 g/mol. The summed E-state index contributed by atoms with van der Waals surface area (Å²) < 4.78 is 41.6. The molecule has 2 nitrogen and oxygen atoms in total. The van der Waals surface area contributed by atoms with Crippen molar-refractivity contribution >= 4 is 0 Å². The maximum absolute atomic E-state index is 12.2. The number of hydrogen-bond acceptors (Lipinski definition) is 2. The molecular formula is C11H12F3NO. The van der Waals surface area contributed by atoms with Crippen LogP contribution in [0, 0.1) is 0 Å². The van der Waals surface area contributed by atoms with Crippen LogP contribution in [0.15, 0.2) is 30.3 Å². The van der Waals surface area contributed by atoms with Crippen molar-refractivity contribution < 1.29 is 17.9 Å². The average molecular weight is 231 g/mol. The molecule has 88 valence electrons. The van der Waals surface area contributed by atoms with Crippen molar-refractivity contribution in [3.05, 3.63) is 35.9 Å². The summed E-state index contributed by atoms with van der Waals surface area (Å²) in [6, 6.07) is 8.40. The van der Waals surface area contributed by atoms with E-state index in [1.54, 1.807) is 5.32 Å². The maximum Gasteiger partial charge on any atom is 0.457 e. The molecule has 16 heavy (non-hydrogen) atoms. The predicted octanol–water partition coefficient (Wildman–Crippen LogP) is 2.11. The molecule has 1 aromatic rings. The Hall–Kier alpha value is -1.07. The zero-order chi connectivity index (χ0) is 11.6. The van der Waals surface area contributed by atoms with Crippen LogP contribution >= 0.6 is 0 Å². The third-order valence-corrected chi connectivity index (χ3v) is 2.46. The van der Waals surface area contributed by atoms with E-state index < -0.39 is 12.3 Å². The number of rotatable bonds is 4. The van der Waals surface area contributed by atoms with Gasteiger partial charge in [0.2, 0.25) is 0 Å². The van der Waals surface area contributed by atoms with Crippen molar-refractivity contribution in [2.24, 2.45) is 0 Å². The van der Waals surface area contributed by atoms with Gasteiger partial charge >= 0.3 is 6.30 Å². The van der Waals surface area contributed by atoms with Gasteiger partial charge in [-0.2, -0.15) is 13.2 Å². The highest BCUT2D eigenvalue weighted by molar-refractivity contribution is 5.16. The quantitative estimate of drug-likeness (QED) is 0.634. The molecule has 1 heterocycles. The van der Waals surface area contributed by atoms with Crippen LogP contribution in [-0.4, -0.2) is 25.1 Å². The molecule has 2 unspecified atom stereocenters. The fourth-order valence-corrected chi connectivity index (χ4v) is 1.64. The first kappa shape index (κ1) is 11.4. The highest BCUT2D eigenvalue weighted by atomic mass is 19.4. The van der Waals surface area contributed by atoms with E-state index in [1.165, 1.54) is 0 Å². The normalized spacial score (nSPS) is 21.8. The molecule has 1 fully saturated rings. The van der Waals surface area contributed by atoms with Crippen molar-refractivity contribution in [3.63, 3.8) is 0 Å². The minimum atomic E-state index is -4.36. The van der Waals surface area contributed by atoms with Crippen LogP contribution in [0.2, 0.25) is 0 Å². The zero-order valence-corrected chi connectivity index (χ0v) is 8.50. The molecule has 0 radical (unpaired) electrons. The Morgan fingerprint density at radius 2 is 1.94 bits per heavy atom. The van der Waals surface area contributed by atoms with Crippen LogP contribution in [0.4, 0.5) is 13.2 Å². The van der Waals surface area contributed by atoms with Gasteiger partial charge in [-0.15, -0.1) is 0 Å². The predicted molar refractivity (Wildman–Crippen MR) is 52.9 cm³/mol. The smallest absolute Gasteiger partial charge is 0.371 e. The molecule has 1 aromatic carbocycles. The number of benzene rings is 1. The van der Waals surface area contributed by atoms with Gasteiger partial charge in [-0.25, -0.2) is 5.32 Å². The topological polar surface area (TPSA) is 24.6 Å². The third kappa shape index (κ3) is 3.50. The van der Waals surface area contributed by atoms with Crippen LogP contribution in [0.5, 0.6) is 0 Å². The number of epoxide rings is 1. The molecule has 0 amide bonds. The van der Waals surface area contributed by atoms with Gasteiger partial charge in [0.1, 0.15) is 0 Å². The lowest BCUT2D eigenvalue weighted by molar-refractivity contribution is -0.165. The molecular weight excluding hydrogens is 219 g/mol. The lowest BCUT2D eigenvalue weighted by atomic mass is 10.0. The maximum atomic E-state index is 12.2. The molecule has 0 spiro atoms. The van der Waals surface area contributed by atoms with Crippen LogP contribution < -0.4 is 5.32 Å². The first-order chi connectivity index (χ1) is 7.54. The minimum Gasteiger partial charge on any atom is -0.371 e. The van der Waals surface area contributed by atoms with Gasteiger partial charge in [0, 0.05) is 6.04 Å². The second-order valence-corrected chi connectivity index (χ2v) is 3.81. The van der Waals surface area contributed by atoms with Crippen molar-refractivity contribution in [2.75, 3.05) is 6.61 Å². The van der Waals surface area contributed by atoms with Crippen molar-refractivity contribution in [1.29, 1.82) is 0 Å². The van der Waals surface area contributed by atoms with E-state index in [2.05, 4.69) is 0 Å². The summed E-state index contributed by atoms with van der Waals surface area (Å²) in [5, 5.41) is 1.64. The number of ether oxygens (including phenoxy) is 1. The van der Waals surface area contributed by atoms with E-state index in [0.29, 0.717) is 13.0 Å². The Morgan fingerprint density at radius 3 is 2.44 bits per heavy atom. The fraction of sp³-hybridized carbons (Fsp3) is 0.455. The van der Waals surface area contributed by atoms with Crippen LogP contribution in [0.25, 0.3) is 0 Å². The molecule has 0 aliphatic carbocycles. The van der Waals surface area contributed by atoms with Gasteiger partial charge in [-0.3, -0.25) is 0 Å². The molecule has 0 aromatic heterocycles. The van der Waals surface area contributed by atoms with E-state index in [-0.39, 0.29) is 6.10 Å². The number of hydrogen-bond donors (Lipinski definition) is 1. The first-order valence-electron chi connectivity index (χ1n) is 5.04. The van der Waals surface area contributed by atoms with E-state index in [1.807, 2.05) is 30.3 Å². The van der Waals surface area contributed by atoms with Gasteiger partial charge in [0.25, 0.3) is 0 Å². The summed E-state index contributed by atoms with van der Waals surface area (Å²) in [4.78, 5) is 0. The second-order valence-electron chi connectivity index (χ2n) is 3.81. The van der Waals surface area contributed by atoms with Gasteiger partial charge < -0.3 is 4.74 Å². The van der Waals surface area contributed by atoms with E-state index in [9.17, 15) is 13.2 Å². The summed E-state index contributed by atoms with van der Waals surface area (Å²) >= 11 is 0. The average Bonchev–Trinajstić information content (AvgIpc) is 2.99. The van der Waals surface area contributed by atoms with E-state index in [4.69, 9.17) is 4.74 Å². The highest BCUT2D eigenvalue weighted by Gasteiger charge is 2.40. The zero-order valence-electron chi connectivity index (χ0n) is 8.50. The lowest BCUT2D eigenvalue weighted by Gasteiger charge is -2.18. The SMILES string of the molecule is FC(F)(F)NC(Cc1ccccc1)C1CO1. The van der Waals surface area contributed by atoms with Gasteiger partial charge in [0.15, 0.2) is 0 Å². The Morgan fingerprint density at radius 1 is 1.31 bits per heavy atom. The summed E-state index contributed by atoms with van der Waals surface area (Å²) in [5.41, 5.74) is 0.875. The molecule has 0 saturated carbocycles. The summed E-state index contributed by atoms with van der Waals surface area (Å²) in [7, 11) is 0. The van der Waals surface area contributed by atoms with Crippen LogP contribution in [-0.2, 0) is 11.2 Å². The summed E-state index contributed by atoms with van der Waals surface area (Å²) in [5.74, 6) is 0.